The van der Waals surface area contributed by atoms with Crippen LogP contribution in [-0.4, -0.2) is 25.0 Å². The molecule has 0 spiro atoms. The van der Waals surface area contributed by atoms with Crippen molar-refractivity contribution < 1.29 is 14.3 Å². The molecule has 3 rings (SSSR count). The van der Waals surface area contributed by atoms with Gasteiger partial charge in [0.15, 0.2) is 0 Å². The van der Waals surface area contributed by atoms with Gasteiger partial charge in [-0.05, 0) is 60.5 Å². The number of hydrogen-bond donors (Lipinski definition) is 2. The van der Waals surface area contributed by atoms with Crippen molar-refractivity contribution in [2.75, 3.05) is 18.5 Å². The highest BCUT2D eigenvalue weighted by Gasteiger charge is 2.11. The monoisotopic (exact) mass is 460 g/mol. The van der Waals surface area contributed by atoms with Crippen molar-refractivity contribution in [3.05, 3.63) is 74.7 Å². The van der Waals surface area contributed by atoms with Gasteiger partial charge in [0.2, 0.25) is 11.8 Å². The molecular formula is C21H18BrClN2O3. The Morgan fingerprint density at radius 3 is 2.86 bits per heavy atom. The predicted molar refractivity (Wildman–Crippen MR) is 115 cm³/mol. The Morgan fingerprint density at radius 2 is 2.07 bits per heavy atom. The largest absolute Gasteiger partial charge is 0.488 e. The maximum Gasteiger partial charge on any atom is 0.244 e. The van der Waals surface area contributed by atoms with E-state index in [0.717, 1.165) is 26.9 Å². The van der Waals surface area contributed by atoms with Crippen LogP contribution in [0.1, 0.15) is 11.1 Å². The molecule has 0 aromatic heterocycles. The average molecular weight is 462 g/mol. The van der Waals surface area contributed by atoms with E-state index in [1.807, 2.05) is 31.2 Å². The number of fused-ring (bicyclic) bond motifs is 1. The Labute approximate surface area is 176 Å². The molecule has 1 aliphatic heterocycles. The Morgan fingerprint density at radius 1 is 1.25 bits per heavy atom. The molecule has 0 bridgehead atoms. The van der Waals surface area contributed by atoms with E-state index in [0.29, 0.717) is 17.3 Å². The van der Waals surface area contributed by atoms with Crippen molar-refractivity contribution in [1.82, 2.24) is 5.32 Å². The van der Waals surface area contributed by atoms with Crippen molar-refractivity contribution in [2.24, 2.45) is 0 Å². The van der Waals surface area contributed by atoms with Crippen molar-refractivity contribution in [2.45, 2.75) is 6.92 Å². The summed E-state index contributed by atoms with van der Waals surface area (Å²) in [4.78, 5) is 24.0. The summed E-state index contributed by atoms with van der Waals surface area (Å²) >= 11 is 9.37. The van der Waals surface area contributed by atoms with Crippen molar-refractivity contribution in [3.8, 4) is 5.75 Å². The average Bonchev–Trinajstić information content (AvgIpc) is 2.66. The van der Waals surface area contributed by atoms with Gasteiger partial charge in [-0.1, -0.05) is 33.6 Å². The molecule has 5 nitrogen and oxygen atoms in total. The summed E-state index contributed by atoms with van der Waals surface area (Å²) in [5.41, 5.74) is 3.33. The maximum atomic E-state index is 12.0. The van der Waals surface area contributed by atoms with Crippen LogP contribution < -0.4 is 15.4 Å². The second kappa shape index (κ2) is 9.08. The molecule has 7 heteroatoms. The number of benzene rings is 2. The van der Waals surface area contributed by atoms with Gasteiger partial charge in [0, 0.05) is 26.8 Å². The zero-order valence-corrected chi connectivity index (χ0v) is 17.4. The minimum atomic E-state index is -0.361. The van der Waals surface area contributed by atoms with E-state index in [-0.39, 0.29) is 18.4 Å². The van der Waals surface area contributed by atoms with E-state index in [9.17, 15) is 9.59 Å². The summed E-state index contributed by atoms with van der Waals surface area (Å²) < 4.78 is 6.57. The molecule has 0 aliphatic carbocycles. The van der Waals surface area contributed by atoms with Crippen LogP contribution in [0.4, 0.5) is 5.69 Å². The fraction of sp³-hybridized carbons (Fsp3) is 0.143. The van der Waals surface area contributed by atoms with E-state index in [4.69, 9.17) is 16.3 Å². The van der Waals surface area contributed by atoms with Crippen LogP contribution >= 0.6 is 27.5 Å². The lowest BCUT2D eigenvalue weighted by Crippen LogP contribution is -2.31. The van der Waals surface area contributed by atoms with E-state index < -0.39 is 0 Å². The number of rotatable bonds is 5. The lowest BCUT2D eigenvalue weighted by atomic mass is 10.1. The zero-order chi connectivity index (χ0) is 20.1. The summed E-state index contributed by atoms with van der Waals surface area (Å²) in [6, 6.07) is 10.9. The Balaban J connectivity index is 1.52. The molecule has 0 atom stereocenters. The number of halogens is 2. The van der Waals surface area contributed by atoms with E-state index in [1.54, 1.807) is 24.3 Å². The van der Waals surface area contributed by atoms with Crippen molar-refractivity contribution in [1.29, 1.82) is 0 Å². The molecule has 2 N–H and O–H groups in total. The molecule has 0 saturated heterocycles. The van der Waals surface area contributed by atoms with Crippen LogP contribution in [0, 0.1) is 6.92 Å². The minimum Gasteiger partial charge on any atom is -0.488 e. The second-order valence-corrected chi connectivity index (χ2v) is 7.60. The van der Waals surface area contributed by atoms with Crippen LogP contribution in [0.25, 0.3) is 6.08 Å². The second-order valence-electron chi connectivity index (χ2n) is 6.25. The molecule has 28 heavy (non-hydrogen) atoms. The predicted octanol–water partition coefficient (Wildman–Crippen LogP) is 4.50. The number of hydrogen-bond acceptors (Lipinski definition) is 3. The molecule has 1 heterocycles. The van der Waals surface area contributed by atoms with Crippen molar-refractivity contribution in [3.63, 3.8) is 0 Å². The summed E-state index contributed by atoms with van der Waals surface area (Å²) in [5, 5.41) is 5.96. The molecule has 2 aromatic rings. The van der Waals surface area contributed by atoms with Gasteiger partial charge in [-0.3, -0.25) is 9.59 Å². The highest BCUT2D eigenvalue weighted by molar-refractivity contribution is 9.10. The molecule has 1 aliphatic rings. The first-order valence-corrected chi connectivity index (χ1v) is 9.72. The number of carbonyl (C=O) groups is 2. The number of aryl methyl sites for hydroxylation is 1. The zero-order valence-electron chi connectivity index (χ0n) is 15.1. The standard InChI is InChI=1S/C21H18BrClN2O3/c1-13-8-16(22)3-5-18(13)25-21(27)11-24-20(26)7-2-14-9-15-10-17(23)4-6-19(15)28-12-14/h2-10H,11-12H2,1H3,(H,24,26)(H,25,27)/b7-2+. The molecule has 0 fully saturated rings. The third-order valence-electron chi connectivity index (χ3n) is 4.04. The number of carbonyl (C=O) groups excluding carboxylic acids is 2. The minimum absolute atomic E-state index is 0.118. The molecule has 0 radical (unpaired) electrons. The first-order chi connectivity index (χ1) is 13.4. The SMILES string of the molecule is Cc1cc(Br)ccc1NC(=O)CNC(=O)/C=C/C1=Cc2cc(Cl)ccc2OC1. The number of nitrogens with one attached hydrogen (secondary N) is 2. The van der Waals surface area contributed by atoms with Gasteiger partial charge in [-0.15, -0.1) is 0 Å². The van der Waals surface area contributed by atoms with Crippen LogP contribution in [0.3, 0.4) is 0 Å². The summed E-state index contributed by atoms with van der Waals surface area (Å²) in [6.07, 6.45) is 4.95. The van der Waals surface area contributed by atoms with Crippen LogP contribution in [-0.2, 0) is 9.59 Å². The molecule has 2 amide bonds. The third kappa shape index (κ3) is 5.47. The normalized spacial score (nSPS) is 12.8. The number of ether oxygens (including phenoxy) is 1. The first kappa shape index (κ1) is 20.2. The van der Waals surface area contributed by atoms with Gasteiger partial charge in [0.25, 0.3) is 0 Å². The van der Waals surface area contributed by atoms with Crippen LogP contribution in [0.2, 0.25) is 5.02 Å². The van der Waals surface area contributed by atoms with Gasteiger partial charge in [0.1, 0.15) is 12.4 Å². The van der Waals surface area contributed by atoms with Crippen molar-refractivity contribution >= 4 is 51.1 Å². The summed E-state index contributed by atoms with van der Waals surface area (Å²) in [6.45, 7) is 2.14. The molecule has 2 aromatic carbocycles. The van der Waals surface area contributed by atoms with E-state index in [2.05, 4.69) is 26.6 Å². The van der Waals surface area contributed by atoms with Crippen LogP contribution in [0.15, 0.2) is 58.6 Å². The summed E-state index contributed by atoms with van der Waals surface area (Å²) in [5.74, 6) is 0.0994. The lowest BCUT2D eigenvalue weighted by molar-refractivity contribution is -0.121. The van der Waals surface area contributed by atoms with E-state index >= 15 is 0 Å². The Bertz CT molecular complexity index is 986. The molecule has 0 unspecified atom stereocenters. The van der Waals surface area contributed by atoms with Gasteiger partial charge in [-0.25, -0.2) is 0 Å². The topological polar surface area (TPSA) is 67.4 Å². The smallest absolute Gasteiger partial charge is 0.244 e. The van der Waals surface area contributed by atoms with E-state index in [1.165, 1.54) is 6.08 Å². The first-order valence-electron chi connectivity index (χ1n) is 8.55. The van der Waals surface area contributed by atoms with Gasteiger partial charge < -0.3 is 15.4 Å². The summed E-state index contributed by atoms with van der Waals surface area (Å²) in [7, 11) is 0. The highest BCUT2D eigenvalue weighted by atomic mass is 79.9. The maximum absolute atomic E-state index is 12.0. The third-order valence-corrected chi connectivity index (χ3v) is 4.77. The highest BCUT2D eigenvalue weighted by Crippen LogP contribution is 2.29. The number of amides is 2. The quantitative estimate of drug-likeness (QED) is 0.644. The fourth-order valence-electron chi connectivity index (χ4n) is 2.63. The Kier molecular flexibility index (Phi) is 6.54. The molecule has 0 saturated carbocycles. The molecule has 144 valence electrons. The van der Waals surface area contributed by atoms with Gasteiger partial charge >= 0.3 is 0 Å². The Hall–Kier alpha value is -2.57. The van der Waals surface area contributed by atoms with Gasteiger partial charge in [0.05, 0.1) is 6.54 Å². The number of anilines is 1. The van der Waals surface area contributed by atoms with Crippen LogP contribution in [0.5, 0.6) is 5.75 Å². The lowest BCUT2D eigenvalue weighted by Gasteiger charge is -2.16. The molecular weight excluding hydrogens is 444 g/mol. The fourth-order valence-corrected chi connectivity index (χ4v) is 3.29. The van der Waals surface area contributed by atoms with Gasteiger partial charge in [-0.2, -0.15) is 0 Å².